The van der Waals surface area contributed by atoms with E-state index in [9.17, 15) is 10.1 Å². The van der Waals surface area contributed by atoms with E-state index in [1.54, 1.807) is 0 Å². The summed E-state index contributed by atoms with van der Waals surface area (Å²) in [5.41, 5.74) is 4.24. The third-order valence-corrected chi connectivity index (χ3v) is 2.30. The van der Waals surface area contributed by atoms with Crippen molar-refractivity contribution < 1.29 is 4.92 Å². The summed E-state index contributed by atoms with van der Waals surface area (Å²) in [5, 5.41) is 10.3. The first-order chi connectivity index (χ1) is 6.00. The number of rotatable bonds is 2. The van der Waals surface area contributed by atoms with E-state index in [1.165, 1.54) is 5.56 Å². The monoisotopic (exact) mass is 179 g/mol. The number of hydrogen-bond acceptors (Lipinski definition) is 2. The Morgan fingerprint density at radius 1 is 1.23 bits per heavy atom. The molecule has 0 amide bonds. The van der Waals surface area contributed by atoms with Crippen LogP contribution in [0.2, 0.25) is 0 Å². The molecule has 0 bridgehead atoms. The van der Waals surface area contributed by atoms with Crippen molar-refractivity contribution in [2.45, 2.75) is 27.3 Å². The molecule has 0 aliphatic rings. The van der Waals surface area contributed by atoms with Gasteiger partial charge in [0.2, 0.25) is 6.54 Å². The number of nitro groups is 1. The maximum atomic E-state index is 10.3. The molecular weight excluding hydrogens is 166 g/mol. The molecule has 13 heavy (non-hydrogen) atoms. The molecule has 0 fully saturated rings. The molecule has 3 heteroatoms. The molecule has 3 nitrogen and oxygen atoms in total. The average molecular weight is 179 g/mol. The second-order valence-corrected chi connectivity index (χ2v) is 3.35. The van der Waals surface area contributed by atoms with Crippen LogP contribution in [0.1, 0.15) is 22.3 Å². The van der Waals surface area contributed by atoms with Crippen molar-refractivity contribution in [2.75, 3.05) is 0 Å². The highest BCUT2D eigenvalue weighted by Crippen LogP contribution is 2.15. The Balaban J connectivity index is 3.06. The van der Waals surface area contributed by atoms with Gasteiger partial charge in [0.1, 0.15) is 0 Å². The molecule has 70 valence electrons. The van der Waals surface area contributed by atoms with Crippen LogP contribution in [0.25, 0.3) is 0 Å². The summed E-state index contributed by atoms with van der Waals surface area (Å²) >= 11 is 0. The van der Waals surface area contributed by atoms with Gasteiger partial charge in [-0.05, 0) is 49.6 Å². The molecule has 0 unspecified atom stereocenters. The van der Waals surface area contributed by atoms with Crippen molar-refractivity contribution in [3.63, 3.8) is 0 Å². The van der Waals surface area contributed by atoms with Crippen LogP contribution in [0.4, 0.5) is 0 Å². The fourth-order valence-electron chi connectivity index (χ4n) is 1.37. The quantitative estimate of drug-likeness (QED) is 0.516. The maximum absolute atomic E-state index is 10.3. The third-order valence-electron chi connectivity index (χ3n) is 2.30. The Hall–Kier alpha value is -1.38. The minimum Gasteiger partial charge on any atom is -0.264 e. The number of hydrogen-bond donors (Lipinski definition) is 0. The summed E-state index contributed by atoms with van der Waals surface area (Å²) in [7, 11) is 0. The van der Waals surface area contributed by atoms with E-state index in [2.05, 4.69) is 0 Å². The first-order valence-corrected chi connectivity index (χ1v) is 4.19. The Morgan fingerprint density at radius 3 is 2.08 bits per heavy atom. The largest absolute Gasteiger partial charge is 0.264 e. The van der Waals surface area contributed by atoms with Crippen LogP contribution in [0.3, 0.4) is 0 Å². The number of nitrogens with zero attached hydrogens (tertiary/aromatic N) is 1. The smallest absolute Gasteiger partial charge is 0.228 e. The Labute approximate surface area is 77.5 Å². The summed E-state index contributed by atoms with van der Waals surface area (Å²) in [6.07, 6.45) is 0. The molecule has 0 aliphatic carbocycles. The maximum Gasteiger partial charge on any atom is 0.228 e. The minimum atomic E-state index is -0.302. The van der Waals surface area contributed by atoms with Crippen molar-refractivity contribution in [3.05, 3.63) is 44.5 Å². The fourth-order valence-corrected chi connectivity index (χ4v) is 1.37. The molecule has 0 spiro atoms. The molecule has 1 aromatic carbocycles. The molecule has 0 N–H and O–H groups in total. The van der Waals surface area contributed by atoms with Crippen LogP contribution in [0.5, 0.6) is 0 Å². The van der Waals surface area contributed by atoms with Crippen LogP contribution in [-0.2, 0) is 6.54 Å². The lowest BCUT2D eigenvalue weighted by molar-refractivity contribution is -0.496. The van der Waals surface area contributed by atoms with Crippen LogP contribution in [-0.4, -0.2) is 4.92 Å². The van der Waals surface area contributed by atoms with Crippen LogP contribution in [0, 0.1) is 30.9 Å². The van der Waals surface area contributed by atoms with Crippen molar-refractivity contribution in [1.29, 1.82) is 0 Å². The predicted octanol–water partition coefficient (Wildman–Crippen LogP) is 2.39. The summed E-state index contributed by atoms with van der Waals surface area (Å²) in [5.74, 6) is 0. The highest BCUT2D eigenvalue weighted by molar-refractivity contribution is 5.36. The normalized spacial score (nSPS) is 10.1. The minimum absolute atomic E-state index is 0.0814. The van der Waals surface area contributed by atoms with Crippen molar-refractivity contribution in [1.82, 2.24) is 0 Å². The second-order valence-electron chi connectivity index (χ2n) is 3.35. The van der Waals surface area contributed by atoms with E-state index in [0.29, 0.717) is 0 Å². The molecule has 0 aliphatic heterocycles. The van der Waals surface area contributed by atoms with Gasteiger partial charge in [0.25, 0.3) is 0 Å². The molecular formula is C10H13NO2. The van der Waals surface area contributed by atoms with Crippen molar-refractivity contribution in [2.24, 2.45) is 0 Å². The van der Waals surface area contributed by atoms with E-state index >= 15 is 0 Å². The van der Waals surface area contributed by atoms with Crippen LogP contribution < -0.4 is 0 Å². The van der Waals surface area contributed by atoms with Crippen LogP contribution >= 0.6 is 0 Å². The standard InChI is InChI=1S/C10H13NO2/c1-7-4-10(6-11(12)13)5-8(2)9(7)3/h4-5H,6H2,1-3H3. The van der Waals surface area contributed by atoms with Gasteiger partial charge in [-0.2, -0.15) is 0 Å². The van der Waals surface area contributed by atoms with Gasteiger partial charge in [0.05, 0.1) is 0 Å². The first-order valence-electron chi connectivity index (χ1n) is 4.19. The highest BCUT2D eigenvalue weighted by Gasteiger charge is 2.05. The summed E-state index contributed by atoms with van der Waals surface area (Å²) in [6, 6.07) is 3.76. The number of aryl methyl sites for hydroxylation is 2. The second kappa shape index (κ2) is 3.56. The Kier molecular flexibility index (Phi) is 2.66. The van der Waals surface area contributed by atoms with Crippen LogP contribution in [0.15, 0.2) is 12.1 Å². The topological polar surface area (TPSA) is 43.1 Å². The zero-order valence-corrected chi connectivity index (χ0v) is 8.13. The van der Waals surface area contributed by atoms with Gasteiger partial charge in [-0.1, -0.05) is 0 Å². The van der Waals surface area contributed by atoms with E-state index < -0.39 is 0 Å². The molecule has 1 aromatic rings. The number of benzene rings is 1. The SMILES string of the molecule is Cc1cc(C[N+](=O)[O-])cc(C)c1C. The molecule has 0 atom stereocenters. The van der Waals surface area contributed by atoms with Gasteiger partial charge in [-0.25, -0.2) is 0 Å². The fraction of sp³-hybridized carbons (Fsp3) is 0.400. The van der Waals surface area contributed by atoms with Gasteiger partial charge < -0.3 is 0 Å². The van der Waals surface area contributed by atoms with Gasteiger partial charge in [-0.15, -0.1) is 0 Å². The first kappa shape index (κ1) is 9.71. The molecule has 0 saturated heterocycles. The third kappa shape index (κ3) is 2.28. The van der Waals surface area contributed by atoms with E-state index in [0.717, 1.165) is 16.7 Å². The molecule has 0 radical (unpaired) electrons. The predicted molar refractivity (Wildman–Crippen MR) is 51.4 cm³/mol. The summed E-state index contributed by atoms with van der Waals surface area (Å²) in [4.78, 5) is 9.98. The van der Waals surface area contributed by atoms with E-state index in [-0.39, 0.29) is 11.5 Å². The van der Waals surface area contributed by atoms with Crippen molar-refractivity contribution in [3.8, 4) is 0 Å². The van der Waals surface area contributed by atoms with E-state index in [1.807, 2.05) is 32.9 Å². The van der Waals surface area contributed by atoms with Gasteiger partial charge in [0.15, 0.2) is 0 Å². The van der Waals surface area contributed by atoms with Crippen molar-refractivity contribution >= 4 is 0 Å². The average Bonchev–Trinajstić information content (AvgIpc) is 1.98. The molecule has 0 saturated carbocycles. The Morgan fingerprint density at radius 2 is 1.69 bits per heavy atom. The molecule has 0 heterocycles. The zero-order chi connectivity index (χ0) is 10.0. The molecule has 0 aromatic heterocycles. The molecule has 1 rings (SSSR count). The van der Waals surface area contributed by atoms with Gasteiger partial charge in [-0.3, -0.25) is 10.1 Å². The van der Waals surface area contributed by atoms with Gasteiger partial charge in [0, 0.05) is 10.5 Å². The lowest BCUT2D eigenvalue weighted by Crippen LogP contribution is -2.00. The summed E-state index contributed by atoms with van der Waals surface area (Å²) in [6.45, 7) is 5.90. The summed E-state index contributed by atoms with van der Waals surface area (Å²) < 4.78 is 0. The zero-order valence-electron chi connectivity index (χ0n) is 8.13. The lowest BCUT2D eigenvalue weighted by Gasteiger charge is -2.05. The lowest BCUT2D eigenvalue weighted by atomic mass is 10.0. The highest BCUT2D eigenvalue weighted by atomic mass is 16.6. The van der Waals surface area contributed by atoms with Gasteiger partial charge >= 0.3 is 0 Å². The van der Waals surface area contributed by atoms with E-state index in [4.69, 9.17) is 0 Å². The Bertz CT molecular complexity index is 322.